The second kappa shape index (κ2) is 5.14. The van der Waals surface area contributed by atoms with Gasteiger partial charge in [-0.3, -0.25) is 9.69 Å². The van der Waals surface area contributed by atoms with E-state index < -0.39 is 0 Å². The van der Waals surface area contributed by atoms with Crippen molar-refractivity contribution in [1.82, 2.24) is 10.2 Å². The highest BCUT2D eigenvalue weighted by molar-refractivity contribution is 7.80. The minimum absolute atomic E-state index is 0.0323. The Morgan fingerprint density at radius 2 is 2.24 bits per heavy atom. The number of hydrogen-bond donors (Lipinski definition) is 1. The Bertz CT molecular complexity index is 432. The van der Waals surface area contributed by atoms with Gasteiger partial charge in [0.15, 0.2) is 5.11 Å². The van der Waals surface area contributed by atoms with E-state index in [1.54, 1.807) is 12.0 Å². The molecule has 17 heavy (non-hydrogen) atoms. The number of ether oxygens (including phenoxy) is 1. The molecule has 0 aliphatic carbocycles. The molecule has 1 aliphatic heterocycles. The lowest BCUT2D eigenvalue weighted by Crippen LogP contribution is -2.32. The fraction of sp³-hybridized carbons (Fsp3) is 0.333. The third kappa shape index (κ3) is 2.55. The second-order valence-electron chi connectivity index (χ2n) is 3.77. The number of carbonyl (C=O) groups is 1. The van der Waals surface area contributed by atoms with Gasteiger partial charge in [-0.25, -0.2) is 0 Å². The molecule has 90 valence electrons. The number of rotatable bonds is 4. The third-order valence-electron chi connectivity index (χ3n) is 2.73. The van der Waals surface area contributed by atoms with Crippen LogP contribution in [0, 0.1) is 0 Å². The summed E-state index contributed by atoms with van der Waals surface area (Å²) in [5.74, 6) is 0.878. The average Bonchev–Trinajstić information content (AvgIpc) is 2.67. The van der Waals surface area contributed by atoms with Gasteiger partial charge in [0.2, 0.25) is 5.91 Å². The Labute approximate surface area is 106 Å². The van der Waals surface area contributed by atoms with Crippen molar-refractivity contribution in [3.05, 3.63) is 29.8 Å². The maximum atomic E-state index is 11.5. The number of thiocarbonyl (C=S) groups is 1. The van der Waals surface area contributed by atoms with Crippen LogP contribution in [-0.2, 0) is 11.2 Å². The molecule has 0 saturated carbocycles. The van der Waals surface area contributed by atoms with E-state index in [2.05, 4.69) is 5.32 Å². The van der Waals surface area contributed by atoms with Crippen LogP contribution < -0.4 is 10.1 Å². The van der Waals surface area contributed by atoms with E-state index in [-0.39, 0.29) is 5.91 Å². The van der Waals surface area contributed by atoms with Crippen molar-refractivity contribution in [2.45, 2.75) is 6.42 Å². The summed E-state index contributed by atoms with van der Waals surface area (Å²) in [6.45, 7) is 0.899. The minimum Gasteiger partial charge on any atom is -0.496 e. The normalized spacial score (nSPS) is 15.0. The number of nitrogens with zero attached hydrogens (tertiary/aromatic N) is 1. The summed E-state index contributed by atoms with van der Waals surface area (Å²) >= 11 is 5.06. The zero-order valence-electron chi connectivity index (χ0n) is 9.60. The molecule has 1 saturated heterocycles. The molecule has 0 radical (unpaired) electrons. The van der Waals surface area contributed by atoms with Gasteiger partial charge in [-0.1, -0.05) is 18.2 Å². The van der Waals surface area contributed by atoms with Crippen molar-refractivity contribution in [3.8, 4) is 5.75 Å². The summed E-state index contributed by atoms with van der Waals surface area (Å²) in [6.07, 6.45) is 0.734. The summed E-state index contributed by atoms with van der Waals surface area (Å²) in [5.41, 5.74) is 1.08. The van der Waals surface area contributed by atoms with Crippen molar-refractivity contribution >= 4 is 23.2 Å². The molecule has 5 heteroatoms. The molecule has 1 aromatic carbocycles. The predicted octanol–water partition coefficient (Wildman–Crippen LogP) is 0.954. The molecule has 0 bridgehead atoms. The molecule has 1 aromatic rings. The van der Waals surface area contributed by atoms with Crippen molar-refractivity contribution in [3.63, 3.8) is 0 Å². The molecule has 2 rings (SSSR count). The fourth-order valence-electron chi connectivity index (χ4n) is 1.82. The van der Waals surface area contributed by atoms with E-state index in [9.17, 15) is 4.79 Å². The molecule has 0 spiro atoms. The fourth-order valence-corrected chi connectivity index (χ4v) is 2.09. The number of benzene rings is 1. The zero-order chi connectivity index (χ0) is 12.3. The molecular weight excluding hydrogens is 236 g/mol. The van der Waals surface area contributed by atoms with Gasteiger partial charge in [0.1, 0.15) is 5.75 Å². The Morgan fingerprint density at radius 3 is 2.88 bits per heavy atom. The van der Waals surface area contributed by atoms with Crippen LogP contribution in [0.2, 0.25) is 0 Å². The Balaban J connectivity index is 2.02. The lowest BCUT2D eigenvalue weighted by molar-refractivity contribution is -0.124. The van der Waals surface area contributed by atoms with Gasteiger partial charge in [0, 0.05) is 6.54 Å². The van der Waals surface area contributed by atoms with Gasteiger partial charge in [-0.2, -0.15) is 0 Å². The first-order valence-corrected chi connectivity index (χ1v) is 5.83. The van der Waals surface area contributed by atoms with Gasteiger partial charge >= 0.3 is 0 Å². The van der Waals surface area contributed by atoms with E-state index in [4.69, 9.17) is 17.0 Å². The molecule has 1 N–H and O–H groups in total. The number of carbonyl (C=O) groups excluding carboxylic acids is 1. The highest BCUT2D eigenvalue weighted by atomic mass is 32.1. The van der Waals surface area contributed by atoms with Crippen LogP contribution in [0.25, 0.3) is 0 Å². The van der Waals surface area contributed by atoms with Crippen LogP contribution >= 0.6 is 12.2 Å². The Hall–Kier alpha value is -1.62. The van der Waals surface area contributed by atoms with Crippen LogP contribution in [0.1, 0.15) is 5.56 Å². The average molecular weight is 250 g/mol. The van der Waals surface area contributed by atoms with Gasteiger partial charge in [-0.05, 0) is 30.3 Å². The van der Waals surface area contributed by atoms with Crippen molar-refractivity contribution < 1.29 is 9.53 Å². The summed E-state index contributed by atoms with van der Waals surface area (Å²) in [6, 6.07) is 7.79. The molecule has 0 aromatic heterocycles. The third-order valence-corrected chi connectivity index (χ3v) is 3.10. The predicted molar refractivity (Wildman–Crippen MR) is 69.0 cm³/mol. The summed E-state index contributed by atoms with van der Waals surface area (Å²) in [5, 5.41) is 3.38. The first kappa shape index (κ1) is 11.9. The lowest BCUT2D eigenvalue weighted by Gasteiger charge is -2.15. The summed E-state index contributed by atoms with van der Waals surface area (Å²) in [7, 11) is 1.64. The number of amides is 1. The maximum Gasteiger partial charge on any atom is 0.248 e. The lowest BCUT2D eigenvalue weighted by atomic mass is 10.1. The number of methoxy groups -OCH3 is 1. The topological polar surface area (TPSA) is 41.6 Å². The number of para-hydroxylation sites is 1. The summed E-state index contributed by atoms with van der Waals surface area (Å²) in [4.78, 5) is 13.1. The van der Waals surface area contributed by atoms with Crippen LogP contribution in [0.3, 0.4) is 0 Å². The van der Waals surface area contributed by atoms with Crippen LogP contribution in [0.15, 0.2) is 24.3 Å². The van der Waals surface area contributed by atoms with E-state index >= 15 is 0 Å². The van der Waals surface area contributed by atoms with Crippen LogP contribution in [0.5, 0.6) is 5.75 Å². The van der Waals surface area contributed by atoms with Gasteiger partial charge in [-0.15, -0.1) is 0 Å². The van der Waals surface area contributed by atoms with Crippen molar-refractivity contribution in [1.29, 1.82) is 0 Å². The SMILES string of the molecule is COc1ccccc1CCN1C(=O)CNC1=S. The van der Waals surface area contributed by atoms with E-state index in [1.807, 2.05) is 24.3 Å². The first-order valence-electron chi connectivity index (χ1n) is 5.42. The second-order valence-corrected chi connectivity index (χ2v) is 4.15. The van der Waals surface area contributed by atoms with Gasteiger partial charge in [0.05, 0.1) is 13.7 Å². The highest BCUT2D eigenvalue weighted by Gasteiger charge is 2.24. The van der Waals surface area contributed by atoms with Gasteiger partial charge in [0.25, 0.3) is 0 Å². The molecule has 1 aliphatic rings. The molecule has 0 unspecified atom stereocenters. The van der Waals surface area contributed by atoms with Crippen LogP contribution in [0.4, 0.5) is 0 Å². The van der Waals surface area contributed by atoms with Crippen LogP contribution in [-0.4, -0.2) is 36.1 Å². The zero-order valence-corrected chi connectivity index (χ0v) is 10.4. The monoisotopic (exact) mass is 250 g/mol. The maximum absolute atomic E-state index is 11.5. The summed E-state index contributed by atoms with van der Waals surface area (Å²) < 4.78 is 5.26. The largest absolute Gasteiger partial charge is 0.496 e. The minimum atomic E-state index is 0.0323. The Kier molecular flexibility index (Phi) is 3.58. The number of nitrogens with one attached hydrogen (secondary N) is 1. The standard InChI is InChI=1S/C12H14N2O2S/c1-16-10-5-3-2-4-9(10)6-7-14-11(15)8-13-12(14)17/h2-5H,6-8H2,1H3,(H,13,17). The highest BCUT2D eigenvalue weighted by Crippen LogP contribution is 2.18. The number of hydrogen-bond acceptors (Lipinski definition) is 3. The van der Waals surface area contributed by atoms with Crippen molar-refractivity contribution in [2.24, 2.45) is 0 Å². The van der Waals surface area contributed by atoms with E-state index in [0.717, 1.165) is 17.7 Å². The first-order chi connectivity index (χ1) is 8.22. The molecule has 1 amide bonds. The molecule has 4 nitrogen and oxygen atoms in total. The Morgan fingerprint density at radius 1 is 1.47 bits per heavy atom. The smallest absolute Gasteiger partial charge is 0.248 e. The molecule has 1 heterocycles. The molecule has 0 atom stereocenters. The molecular formula is C12H14N2O2S. The quantitative estimate of drug-likeness (QED) is 0.808. The van der Waals surface area contributed by atoms with Gasteiger partial charge < -0.3 is 10.1 Å². The van der Waals surface area contributed by atoms with Crippen molar-refractivity contribution in [2.75, 3.05) is 20.2 Å². The van der Waals surface area contributed by atoms with E-state index in [0.29, 0.717) is 18.2 Å². The molecule has 1 fully saturated rings. The van der Waals surface area contributed by atoms with E-state index in [1.165, 1.54) is 0 Å².